The third kappa shape index (κ3) is 5.04. The van der Waals surface area contributed by atoms with Gasteiger partial charge in [0.05, 0.1) is 12.6 Å². The van der Waals surface area contributed by atoms with Crippen LogP contribution in [0, 0.1) is 0 Å². The van der Waals surface area contributed by atoms with Crippen LogP contribution in [0.25, 0.3) is 0 Å². The van der Waals surface area contributed by atoms with Crippen molar-refractivity contribution >= 4 is 17.5 Å². The van der Waals surface area contributed by atoms with Gasteiger partial charge in [0, 0.05) is 6.20 Å². The first kappa shape index (κ1) is 16.4. The summed E-state index contributed by atoms with van der Waals surface area (Å²) in [7, 11) is 0. The monoisotopic (exact) mass is 334 g/mol. The lowest BCUT2D eigenvalue weighted by Gasteiger charge is -2.08. The lowest BCUT2D eigenvalue weighted by Crippen LogP contribution is -2.15. The molecule has 0 aliphatic heterocycles. The van der Waals surface area contributed by atoms with Crippen molar-refractivity contribution in [2.45, 2.75) is 13.0 Å². The Bertz CT molecular complexity index is 853. The number of hydrogen-bond donors (Lipinski definition) is 2. The van der Waals surface area contributed by atoms with Crippen molar-refractivity contribution in [2.75, 3.05) is 11.1 Å². The fraction of sp³-hybridized carbons (Fsp3) is 0.105. The topological polar surface area (TPSA) is 90.1 Å². The number of hydrogen-bond acceptors (Lipinski definition) is 5. The number of benzene rings is 1. The van der Waals surface area contributed by atoms with E-state index in [0.717, 1.165) is 11.1 Å². The maximum absolute atomic E-state index is 12.2. The Labute approximate surface area is 145 Å². The molecule has 0 unspecified atom stereocenters. The molecule has 0 spiro atoms. The summed E-state index contributed by atoms with van der Waals surface area (Å²) in [5.74, 6) is 1.37. The van der Waals surface area contributed by atoms with Crippen molar-refractivity contribution in [1.29, 1.82) is 0 Å². The van der Waals surface area contributed by atoms with Crippen LogP contribution in [0.1, 0.15) is 11.1 Å². The lowest BCUT2D eigenvalue weighted by molar-refractivity contribution is -0.115. The molecule has 25 heavy (non-hydrogen) atoms. The number of nitrogens with two attached hydrogens (primary N) is 1. The normalized spacial score (nSPS) is 10.2. The highest BCUT2D eigenvalue weighted by Gasteiger charge is 2.06. The molecule has 1 amide bonds. The van der Waals surface area contributed by atoms with E-state index in [9.17, 15) is 4.79 Å². The maximum atomic E-state index is 12.2. The smallest absolute Gasteiger partial charge is 0.229 e. The predicted octanol–water partition coefficient (Wildman–Crippen LogP) is 2.82. The molecule has 2 heterocycles. The van der Waals surface area contributed by atoms with Gasteiger partial charge in [-0.1, -0.05) is 30.3 Å². The third-order valence-electron chi connectivity index (χ3n) is 3.43. The third-order valence-corrected chi connectivity index (χ3v) is 3.43. The number of nitrogen functional groups attached to an aromatic ring is 1. The molecule has 0 aliphatic rings. The van der Waals surface area contributed by atoms with E-state index in [0.29, 0.717) is 24.0 Å². The Morgan fingerprint density at radius 2 is 1.92 bits per heavy atom. The minimum atomic E-state index is -0.150. The molecule has 6 heteroatoms. The van der Waals surface area contributed by atoms with Gasteiger partial charge in [0.25, 0.3) is 0 Å². The molecule has 3 aromatic rings. The lowest BCUT2D eigenvalue weighted by atomic mass is 10.1. The molecule has 2 aromatic heterocycles. The first-order chi connectivity index (χ1) is 12.2. The molecule has 0 fully saturated rings. The standard InChI is InChI=1S/C19H18N4O2/c20-17-7-2-8-18(22-17)23-19(24)11-14-4-1-5-15(10-14)13-25-16-6-3-9-21-12-16/h1-10,12H,11,13H2,(H3,20,22,23,24). The molecule has 3 rings (SSSR count). The fourth-order valence-electron chi connectivity index (χ4n) is 2.32. The average Bonchev–Trinajstić information content (AvgIpc) is 2.61. The molecular weight excluding hydrogens is 316 g/mol. The van der Waals surface area contributed by atoms with Gasteiger partial charge >= 0.3 is 0 Å². The molecule has 3 N–H and O–H groups in total. The average molecular weight is 334 g/mol. The summed E-state index contributed by atoms with van der Waals surface area (Å²) in [6, 6.07) is 16.5. The fourth-order valence-corrected chi connectivity index (χ4v) is 2.32. The number of anilines is 2. The molecule has 0 saturated heterocycles. The molecule has 0 radical (unpaired) electrons. The number of amides is 1. The Kier molecular flexibility index (Phi) is 5.21. The summed E-state index contributed by atoms with van der Waals surface area (Å²) < 4.78 is 5.67. The first-order valence-electron chi connectivity index (χ1n) is 7.82. The van der Waals surface area contributed by atoms with Crippen molar-refractivity contribution in [3.63, 3.8) is 0 Å². The molecule has 6 nitrogen and oxygen atoms in total. The minimum absolute atomic E-state index is 0.150. The van der Waals surface area contributed by atoms with Crippen LogP contribution in [0.2, 0.25) is 0 Å². The van der Waals surface area contributed by atoms with Crippen molar-refractivity contribution in [3.05, 3.63) is 78.1 Å². The van der Waals surface area contributed by atoms with Gasteiger partial charge < -0.3 is 15.8 Å². The van der Waals surface area contributed by atoms with Crippen LogP contribution >= 0.6 is 0 Å². The summed E-state index contributed by atoms with van der Waals surface area (Å²) in [6.07, 6.45) is 3.61. The van der Waals surface area contributed by atoms with Gasteiger partial charge in [-0.15, -0.1) is 0 Å². The SMILES string of the molecule is Nc1cccc(NC(=O)Cc2cccc(COc3cccnc3)c2)n1. The van der Waals surface area contributed by atoms with Crippen LogP contribution in [0.4, 0.5) is 11.6 Å². The highest BCUT2D eigenvalue weighted by atomic mass is 16.5. The van der Waals surface area contributed by atoms with E-state index in [2.05, 4.69) is 15.3 Å². The maximum Gasteiger partial charge on any atom is 0.229 e. The van der Waals surface area contributed by atoms with E-state index in [1.807, 2.05) is 36.4 Å². The van der Waals surface area contributed by atoms with Gasteiger partial charge in [-0.05, 0) is 35.4 Å². The Balaban J connectivity index is 1.58. The zero-order valence-corrected chi connectivity index (χ0v) is 13.6. The van der Waals surface area contributed by atoms with E-state index in [-0.39, 0.29) is 12.3 Å². The van der Waals surface area contributed by atoms with Crippen LogP contribution in [0.5, 0.6) is 5.75 Å². The van der Waals surface area contributed by atoms with E-state index in [1.165, 1.54) is 0 Å². The van der Waals surface area contributed by atoms with Crippen molar-refractivity contribution < 1.29 is 9.53 Å². The molecule has 0 saturated carbocycles. The predicted molar refractivity (Wildman–Crippen MR) is 96.0 cm³/mol. The number of carbonyl (C=O) groups is 1. The largest absolute Gasteiger partial charge is 0.487 e. The molecule has 126 valence electrons. The molecule has 0 atom stereocenters. The number of ether oxygens (including phenoxy) is 1. The van der Waals surface area contributed by atoms with Crippen LogP contribution in [-0.2, 0) is 17.8 Å². The van der Waals surface area contributed by atoms with Crippen LogP contribution in [0.3, 0.4) is 0 Å². The Hall–Kier alpha value is -3.41. The second-order valence-electron chi connectivity index (χ2n) is 5.47. The van der Waals surface area contributed by atoms with E-state index >= 15 is 0 Å². The summed E-state index contributed by atoms with van der Waals surface area (Å²) in [5.41, 5.74) is 7.49. The second kappa shape index (κ2) is 7.92. The second-order valence-corrected chi connectivity index (χ2v) is 5.47. The van der Waals surface area contributed by atoms with Crippen LogP contribution in [0.15, 0.2) is 67.0 Å². The van der Waals surface area contributed by atoms with Crippen molar-refractivity contribution in [2.24, 2.45) is 0 Å². The summed E-state index contributed by atoms with van der Waals surface area (Å²) in [6.45, 7) is 0.415. The van der Waals surface area contributed by atoms with E-state index in [4.69, 9.17) is 10.5 Å². The van der Waals surface area contributed by atoms with E-state index < -0.39 is 0 Å². The summed E-state index contributed by atoms with van der Waals surface area (Å²) in [5, 5.41) is 2.74. The molecule has 1 aromatic carbocycles. The van der Waals surface area contributed by atoms with Gasteiger partial charge in [-0.2, -0.15) is 0 Å². The minimum Gasteiger partial charge on any atom is -0.487 e. The van der Waals surface area contributed by atoms with Crippen LogP contribution in [-0.4, -0.2) is 15.9 Å². The van der Waals surface area contributed by atoms with Crippen molar-refractivity contribution in [3.8, 4) is 5.75 Å². The van der Waals surface area contributed by atoms with Gasteiger partial charge in [0.15, 0.2) is 0 Å². The van der Waals surface area contributed by atoms with Crippen molar-refractivity contribution in [1.82, 2.24) is 9.97 Å². The first-order valence-corrected chi connectivity index (χ1v) is 7.82. The molecular formula is C19H18N4O2. The quantitative estimate of drug-likeness (QED) is 0.723. The van der Waals surface area contributed by atoms with Gasteiger partial charge in [-0.25, -0.2) is 4.98 Å². The Morgan fingerprint density at radius 3 is 2.72 bits per heavy atom. The van der Waals surface area contributed by atoms with Crippen LogP contribution < -0.4 is 15.8 Å². The number of nitrogens with zero attached hydrogens (tertiary/aromatic N) is 2. The summed E-state index contributed by atoms with van der Waals surface area (Å²) in [4.78, 5) is 20.2. The number of nitrogens with one attached hydrogen (secondary N) is 1. The van der Waals surface area contributed by atoms with Gasteiger partial charge in [0.2, 0.25) is 5.91 Å². The molecule has 0 bridgehead atoms. The number of pyridine rings is 2. The Morgan fingerprint density at radius 1 is 1.08 bits per heavy atom. The number of carbonyl (C=O) groups excluding carboxylic acids is 1. The molecule has 0 aliphatic carbocycles. The van der Waals surface area contributed by atoms with Gasteiger partial charge in [0.1, 0.15) is 24.0 Å². The summed E-state index contributed by atoms with van der Waals surface area (Å²) >= 11 is 0. The van der Waals surface area contributed by atoms with E-state index in [1.54, 1.807) is 30.6 Å². The number of aromatic nitrogens is 2. The highest BCUT2D eigenvalue weighted by molar-refractivity contribution is 5.91. The van der Waals surface area contributed by atoms with Gasteiger partial charge in [-0.3, -0.25) is 9.78 Å². The zero-order valence-electron chi connectivity index (χ0n) is 13.6. The number of rotatable bonds is 6. The highest BCUT2D eigenvalue weighted by Crippen LogP contribution is 2.13. The zero-order chi connectivity index (χ0) is 17.5.